The molecule has 0 aromatic heterocycles. The average molecular weight is 489 g/mol. The van der Waals surface area contributed by atoms with Crippen LogP contribution in [0, 0.1) is 52.3 Å². The SMILES string of the molecule is CC(C)C1=CC(=O)O[C@H]1[C@H](O)[C@@H](C)[C@H]1CC[C@H]2[C@@H]3CC(=O)[C@H]4C[C@H](O)[C@H](O)C[C@]4(C)[C@H]3CC[C@]12C. The number of hydrogen-bond acceptors (Lipinski definition) is 6. The van der Waals surface area contributed by atoms with Gasteiger partial charge in [0.2, 0.25) is 0 Å². The molecule has 0 bridgehead atoms. The Morgan fingerprint density at radius 3 is 2.37 bits per heavy atom. The Balaban J connectivity index is 1.37. The summed E-state index contributed by atoms with van der Waals surface area (Å²) in [7, 11) is 0. The van der Waals surface area contributed by atoms with E-state index in [1.165, 1.54) is 0 Å². The predicted octanol–water partition coefficient (Wildman–Crippen LogP) is 3.66. The predicted molar refractivity (Wildman–Crippen MR) is 131 cm³/mol. The Morgan fingerprint density at radius 2 is 1.69 bits per heavy atom. The van der Waals surface area contributed by atoms with Gasteiger partial charge in [0.25, 0.3) is 0 Å². The number of rotatable bonds is 4. The molecule has 4 fully saturated rings. The fraction of sp³-hybridized carbons (Fsp3) is 0.862. The molecule has 0 aromatic carbocycles. The maximum Gasteiger partial charge on any atom is 0.331 e. The zero-order valence-electron chi connectivity index (χ0n) is 21.9. The van der Waals surface area contributed by atoms with E-state index in [2.05, 4.69) is 20.8 Å². The number of cyclic esters (lactones) is 1. The molecular formula is C29H44O6. The largest absolute Gasteiger partial charge is 0.452 e. The highest BCUT2D eigenvalue weighted by Crippen LogP contribution is 2.68. The van der Waals surface area contributed by atoms with Crippen molar-refractivity contribution < 1.29 is 29.6 Å². The number of carbonyl (C=O) groups excluding carboxylic acids is 2. The molecule has 4 aliphatic carbocycles. The maximum atomic E-state index is 13.4. The second-order valence-electron chi connectivity index (χ2n) is 13.4. The highest BCUT2D eigenvalue weighted by molar-refractivity contribution is 5.86. The second kappa shape index (κ2) is 8.66. The summed E-state index contributed by atoms with van der Waals surface area (Å²) in [5.41, 5.74) is 0.660. The number of Topliss-reactive ketones (excluding diaryl/α,β-unsaturated/α-hetero) is 1. The number of fused-ring (bicyclic) bond motifs is 5. The molecule has 12 atom stereocenters. The van der Waals surface area contributed by atoms with E-state index in [4.69, 9.17) is 4.74 Å². The molecule has 5 aliphatic rings. The molecule has 5 rings (SSSR count). The molecule has 35 heavy (non-hydrogen) atoms. The van der Waals surface area contributed by atoms with Crippen LogP contribution in [0.4, 0.5) is 0 Å². The van der Waals surface area contributed by atoms with Crippen LogP contribution in [-0.4, -0.2) is 51.5 Å². The number of hydrogen-bond donors (Lipinski definition) is 3. The van der Waals surface area contributed by atoms with Crippen LogP contribution in [0.1, 0.15) is 79.6 Å². The van der Waals surface area contributed by atoms with Gasteiger partial charge in [-0.25, -0.2) is 4.79 Å². The third kappa shape index (κ3) is 3.76. The lowest BCUT2D eigenvalue weighted by molar-refractivity contribution is -0.174. The van der Waals surface area contributed by atoms with Gasteiger partial charge in [-0.1, -0.05) is 34.6 Å². The van der Waals surface area contributed by atoms with Crippen molar-refractivity contribution in [1.29, 1.82) is 0 Å². The van der Waals surface area contributed by atoms with Crippen LogP contribution < -0.4 is 0 Å². The molecule has 0 radical (unpaired) electrons. The van der Waals surface area contributed by atoms with E-state index < -0.39 is 24.4 Å². The lowest BCUT2D eigenvalue weighted by Gasteiger charge is -2.61. The molecule has 6 heteroatoms. The third-order valence-electron chi connectivity index (χ3n) is 11.6. The van der Waals surface area contributed by atoms with Gasteiger partial charge in [-0.2, -0.15) is 0 Å². The minimum Gasteiger partial charge on any atom is -0.452 e. The van der Waals surface area contributed by atoms with Crippen molar-refractivity contribution in [2.24, 2.45) is 52.3 Å². The second-order valence-corrected chi connectivity index (χ2v) is 13.4. The molecule has 0 unspecified atom stereocenters. The fourth-order valence-electron chi connectivity index (χ4n) is 9.70. The number of aliphatic hydroxyl groups excluding tert-OH is 3. The van der Waals surface area contributed by atoms with Gasteiger partial charge >= 0.3 is 5.97 Å². The summed E-state index contributed by atoms with van der Waals surface area (Å²) in [6.45, 7) is 10.7. The van der Waals surface area contributed by atoms with Crippen LogP contribution in [0.25, 0.3) is 0 Å². The van der Waals surface area contributed by atoms with Crippen molar-refractivity contribution in [3.8, 4) is 0 Å². The zero-order chi connectivity index (χ0) is 25.4. The average Bonchev–Trinajstić information content (AvgIpc) is 3.35. The first-order valence-corrected chi connectivity index (χ1v) is 13.9. The monoisotopic (exact) mass is 488 g/mol. The maximum absolute atomic E-state index is 13.4. The van der Waals surface area contributed by atoms with Crippen molar-refractivity contribution in [1.82, 2.24) is 0 Å². The first-order chi connectivity index (χ1) is 16.4. The number of ketones is 1. The molecule has 196 valence electrons. The molecular weight excluding hydrogens is 444 g/mol. The minimum absolute atomic E-state index is 0.0196. The van der Waals surface area contributed by atoms with Crippen molar-refractivity contribution >= 4 is 11.8 Å². The van der Waals surface area contributed by atoms with Gasteiger partial charge in [0.1, 0.15) is 5.78 Å². The Morgan fingerprint density at radius 1 is 1.00 bits per heavy atom. The van der Waals surface area contributed by atoms with Gasteiger partial charge in [-0.05, 0) is 90.4 Å². The van der Waals surface area contributed by atoms with E-state index in [-0.39, 0.29) is 40.3 Å². The Labute approximate surface area is 209 Å². The van der Waals surface area contributed by atoms with E-state index in [0.29, 0.717) is 42.9 Å². The zero-order valence-corrected chi connectivity index (χ0v) is 21.9. The summed E-state index contributed by atoms with van der Waals surface area (Å²) in [6.07, 6.45) is 4.31. The molecule has 3 N–H and O–H groups in total. The molecule has 0 amide bonds. The van der Waals surface area contributed by atoms with E-state index in [1.54, 1.807) is 6.08 Å². The molecule has 0 spiro atoms. The van der Waals surface area contributed by atoms with Crippen LogP contribution in [0.5, 0.6) is 0 Å². The molecule has 1 heterocycles. The summed E-state index contributed by atoms with van der Waals surface area (Å²) < 4.78 is 5.57. The molecule has 6 nitrogen and oxygen atoms in total. The highest BCUT2D eigenvalue weighted by Gasteiger charge is 2.64. The van der Waals surface area contributed by atoms with Crippen molar-refractivity contribution in [3.05, 3.63) is 11.6 Å². The van der Waals surface area contributed by atoms with E-state index >= 15 is 0 Å². The number of aliphatic hydroxyl groups is 3. The molecule has 0 aromatic rings. The molecule has 4 saturated carbocycles. The first kappa shape index (κ1) is 25.4. The third-order valence-corrected chi connectivity index (χ3v) is 11.6. The van der Waals surface area contributed by atoms with E-state index in [9.17, 15) is 24.9 Å². The topological polar surface area (TPSA) is 104 Å². The molecule has 0 saturated heterocycles. The number of esters is 1. The summed E-state index contributed by atoms with van der Waals surface area (Å²) >= 11 is 0. The quantitative estimate of drug-likeness (QED) is 0.522. The normalized spacial score (nSPS) is 49.1. The van der Waals surface area contributed by atoms with Crippen LogP contribution in [0.2, 0.25) is 0 Å². The lowest BCUT2D eigenvalue weighted by atomic mass is 9.44. The highest BCUT2D eigenvalue weighted by atomic mass is 16.6. The van der Waals surface area contributed by atoms with Crippen LogP contribution in [0.3, 0.4) is 0 Å². The number of carbonyl (C=O) groups is 2. The first-order valence-electron chi connectivity index (χ1n) is 13.9. The summed E-state index contributed by atoms with van der Waals surface area (Å²) in [4.78, 5) is 25.4. The van der Waals surface area contributed by atoms with E-state index in [0.717, 1.165) is 31.3 Å². The van der Waals surface area contributed by atoms with Gasteiger partial charge in [-0.3, -0.25) is 4.79 Å². The van der Waals surface area contributed by atoms with Crippen molar-refractivity contribution in [2.75, 3.05) is 0 Å². The van der Waals surface area contributed by atoms with Gasteiger partial charge in [-0.15, -0.1) is 0 Å². The summed E-state index contributed by atoms with van der Waals surface area (Å²) in [5, 5.41) is 32.2. The van der Waals surface area contributed by atoms with Crippen LogP contribution in [0.15, 0.2) is 11.6 Å². The summed E-state index contributed by atoms with van der Waals surface area (Å²) in [6, 6.07) is 0. The van der Waals surface area contributed by atoms with Crippen LogP contribution >= 0.6 is 0 Å². The van der Waals surface area contributed by atoms with Gasteiger partial charge in [0.05, 0.1) is 18.3 Å². The summed E-state index contributed by atoms with van der Waals surface area (Å²) in [5.74, 6) is 1.28. The smallest absolute Gasteiger partial charge is 0.331 e. The van der Waals surface area contributed by atoms with Crippen molar-refractivity contribution in [2.45, 2.75) is 104 Å². The Kier molecular flexibility index (Phi) is 6.29. The van der Waals surface area contributed by atoms with Gasteiger partial charge < -0.3 is 20.1 Å². The Bertz CT molecular complexity index is 911. The van der Waals surface area contributed by atoms with Crippen LogP contribution in [-0.2, 0) is 14.3 Å². The molecule has 1 aliphatic heterocycles. The van der Waals surface area contributed by atoms with Crippen molar-refractivity contribution in [3.63, 3.8) is 0 Å². The minimum atomic E-state index is -0.796. The number of ether oxygens (including phenoxy) is 1. The van der Waals surface area contributed by atoms with Gasteiger partial charge in [0.15, 0.2) is 6.10 Å². The van der Waals surface area contributed by atoms with Gasteiger partial charge in [0, 0.05) is 18.4 Å². The van der Waals surface area contributed by atoms with E-state index in [1.807, 2.05) is 13.8 Å². The fourth-order valence-corrected chi connectivity index (χ4v) is 9.70. The lowest BCUT2D eigenvalue weighted by Crippen LogP contribution is -2.59. The Hall–Kier alpha value is -1.24. The standard InChI is InChI=1S/C29H44O6/c1-14(2)16-11-25(33)35-27(16)26(34)15(3)18-6-7-19-17-10-22(30)21-12-23(31)24(32)13-29(21,5)20(17)8-9-28(18,19)4/h11,14-15,17-21,23-24,26-27,31-32,34H,6-10,12-13H2,1-5H3/t15-,17-,18+,19-,20-,21+,23-,24+,26+,27+,28+,29+/m0/s1.